The van der Waals surface area contributed by atoms with Gasteiger partial charge >= 0.3 is 0 Å². The number of morpholine rings is 1. The fourth-order valence-corrected chi connectivity index (χ4v) is 2.99. The number of thiocarbonyl (C=S) groups is 1. The molecule has 2 aromatic carbocycles. The number of anilines is 1. The molecule has 0 amide bonds. The molecule has 0 aliphatic carbocycles. The number of ether oxygens (including phenoxy) is 1. The Morgan fingerprint density at radius 2 is 1.84 bits per heavy atom. The lowest BCUT2D eigenvalue weighted by Gasteiger charge is -2.27. The highest BCUT2D eigenvalue weighted by Crippen LogP contribution is 2.13. The largest absolute Gasteiger partial charge is 0.379 e. The quantitative estimate of drug-likeness (QED) is 0.802. The molecule has 4 nitrogen and oxygen atoms in total. The monoisotopic (exact) mass is 359 g/mol. The van der Waals surface area contributed by atoms with E-state index in [0.29, 0.717) is 17.3 Å². The number of rotatable bonds is 5. The third-order valence-electron chi connectivity index (χ3n) is 4.14. The molecule has 0 radical (unpaired) electrons. The van der Waals surface area contributed by atoms with Gasteiger partial charge in [-0.05, 0) is 41.5 Å². The molecule has 1 aliphatic rings. The maximum absolute atomic E-state index is 13.2. The van der Waals surface area contributed by atoms with Crippen LogP contribution >= 0.6 is 12.2 Å². The number of nitrogens with zero attached hydrogens (tertiary/aromatic N) is 1. The van der Waals surface area contributed by atoms with E-state index >= 15 is 0 Å². The van der Waals surface area contributed by atoms with Crippen LogP contribution < -0.4 is 10.6 Å². The highest BCUT2D eigenvalue weighted by atomic mass is 32.1. The number of nitrogens with one attached hydrogen (secondary N) is 2. The van der Waals surface area contributed by atoms with Crippen LogP contribution in [-0.4, -0.2) is 36.3 Å². The van der Waals surface area contributed by atoms with E-state index in [-0.39, 0.29) is 5.82 Å². The molecule has 1 aliphatic heterocycles. The second kappa shape index (κ2) is 8.89. The van der Waals surface area contributed by atoms with Gasteiger partial charge in [0.1, 0.15) is 5.82 Å². The van der Waals surface area contributed by atoms with Crippen molar-refractivity contribution in [1.82, 2.24) is 10.2 Å². The van der Waals surface area contributed by atoms with E-state index in [1.165, 1.54) is 23.3 Å². The normalized spacial score (nSPS) is 14.9. The number of benzene rings is 2. The van der Waals surface area contributed by atoms with E-state index in [4.69, 9.17) is 17.0 Å². The van der Waals surface area contributed by atoms with Crippen molar-refractivity contribution in [1.29, 1.82) is 0 Å². The van der Waals surface area contributed by atoms with Crippen LogP contribution in [0.25, 0.3) is 0 Å². The summed E-state index contributed by atoms with van der Waals surface area (Å²) >= 11 is 5.31. The van der Waals surface area contributed by atoms with Crippen molar-refractivity contribution in [3.05, 3.63) is 65.5 Å². The molecule has 2 N–H and O–H groups in total. The van der Waals surface area contributed by atoms with Crippen LogP contribution in [0.4, 0.5) is 10.1 Å². The number of halogens is 1. The first-order valence-corrected chi connectivity index (χ1v) is 8.79. The standard InChI is InChI=1S/C19H22FN3OS/c20-17-6-3-7-18(12-17)22-19(25)21-13-15-4-1-2-5-16(15)14-23-8-10-24-11-9-23/h1-7,12H,8-11,13-14H2,(H2,21,22,25). The van der Waals surface area contributed by atoms with Crippen molar-refractivity contribution in [2.24, 2.45) is 0 Å². The van der Waals surface area contributed by atoms with Crippen molar-refractivity contribution >= 4 is 23.0 Å². The third-order valence-corrected chi connectivity index (χ3v) is 4.38. The minimum Gasteiger partial charge on any atom is -0.379 e. The van der Waals surface area contributed by atoms with Crippen LogP contribution in [0.3, 0.4) is 0 Å². The van der Waals surface area contributed by atoms with Gasteiger partial charge in [0.25, 0.3) is 0 Å². The van der Waals surface area contributed by atoms with Crippen LogP contribution in [0.15, 0.2) is 48.5 Å². The van der Waals surface area contributed by atoms with Gasteiger partial charge in [-0.2, -0.15) is 0 Å². The SMILES string of the molecule is Fc1cccc(NC(=S)NCc2ccccc2CN2CCOCC2)c1. The smallest absolute Gasteiger partial charge is 0.171 e. The van der Waals surface area contributed by atoms with Crippen molar-refractivity contribution in [3.63, 3.8) is 0 Å². The van der Waals surface area contributed by atoms with Crippen molar-refractivity contribution in [3.8, 4) is 0 Å². The van der Waals surface area contributed by atoms with Gasteiger partial charge in [-0.25, -0.2) is 4.39 Å². The van der Waals surface area contributed by atoms with E-state index in [2.05, 4.69) is 33.7 Å². The molecule has 0 bridgehead atoms. The average Bonchev–Trinajstić information content (AvgIpc) is 2.62. The lowest BCUT2D eigenvalue weighted by atomic mass is 10.1. The summed E-state index contributed by atoms with van der Waals surface area (Å²) < 4.78 is 18.6. The summed E-state index contributed by atoms with van der Waals surface area (Å²) in [5.41, 5.74) is 3.13. The van der Waals surface area contributed by atoms with E-state index < -0.39 is 0 Å². The van der Waals surface area contributed by atoms with Gasteiger partial charge in [0.05, 0.1) is 13.2 Å². The third kappa shape index (κ3) is 5.49. The first-order valence-electron chi connectivity index (χ1n) is 8.38. The van der Waals surface area contributed by atoms with E-state index in [9.17, 15) is 4.39 Å². The molecule has 25 heavy (non-hydrogen) atoms. The zero-order valence-electron chi connectivity index (χ0n) is 14.0. The maximum Gasteiger partial charge on any atom is 0.171 e. The maximum atomic E-state index is 13.2. The summed E-state index contributed by atoms with van der Waals surface area (Å²) in [5.74, 6) is -0.288. The summed E-state index contributed by atoms with van der Waals surface area (Å²) in [4.78, 5) is 2.39. The van der Waals surface area contributed by atoms with Crippen LogP contribution in [0.2, 0.25) is 0 Å². The minimum absolute atomic E-state index is 0.288. The molecule has 0 spiro atoms. The fourth-order valence-electron chi connectivity index (χ4n) is 2.80. The summed E-state index contributed by atoms with van der Waals surface area (Å²) in [6, 6.07) is 14.6. The van der Waals surface area contributed by atoms with Gasteiger partial charge in [0.15, 0.2) is 5.11 Å². The Kier molecular flexibility index (Phi) is 6.33. The Balaban J connectivity index is 1.56. The molecule has 6 heteroatoms. The molecule has 0 aromatic heterocycles. The molecule has 1 heterocycles. The molecular weight excluding hydrogens is 337 g/mol. The highest BCUT2D eigenvalue weighted by Gasteiger charge is 2.12. The minimum atomic E-state index is -0.288. The van der Waals surface area contributed by atoms with E-state index in [0.717, 1.165) is 32.8 Å². The van der Waals surface area contributed by atoms with Crippen LogP contribution in [0.1, 0.15) is 11.1 Å². The predicted octanol–water partition coefficient (Wildman–Crippen LogP) is 3.14. The van der Waals surface area contributed by atoms with E-state index in [1.807, 2.05) is 6.07 Å². The first kappa shape index (κ1) is 17.8. The van der Waals surface area contributed by atoms with Crippen molar-refractivity contribution in [2.45, 2.75) is 13.1 Å². The Morgan fingerprint density at radius 1 is 1.08 bits per heavy atom. The predicted molar refractivity (Wildman–Crippen MR) is 102 cm³/mol. The summed E-state index contributed by atoms with van der Waals surface area (Å²) in [7, 11) is 0. The number of hydrogen-bond donors (Lipinski definition) is 2. The van der Waals surface area contributed by atoms with Gasteiger partial charge in [-0.15, -0.1) is 0 Å². The number of hydrogen-bond acceptors (Lipinski definition) is 3. The Hall–Kier alpha value is -2.02. The van der Waals surface area contributed by atoms with E-state index in [1.54, 1.807) is 12.1 Å². The Morgan fingerprint density at radius 3 is 2.60 bits per heavy atom. The summed E-state index contributed by atoms with van der Waals surface area (Å²) in [5, 5.41) is 6.68. The second-order valence-electron chi connectivity index (χ2n) is 5.98. The van der Waals surface area contributed by atoms with Gasteiger partial charge in [0, 0.05) is 31.9 Å². The molecule has 132 valence electrons. The molecule has 0 unspecified atom stereocenters. The molecular formula is C19H22FN3OS. The lowest BCUT2D eigenvalue weighted by Crippen LogP contribution is -2.36. The van der Waals surface area contributed by atoms with Gasteiger partial charge in [0.2, 0.25) is 0 Å². The average molecular weight is 359 g/mol. The van der Waals surface area contributed by atoms with Gasteiger partial charge < -0.3 is 15.4 Å². The molecule has 3 rings (SSSR count). The lowest BCUT2D eigenvalue weighted by molar-refractivity contribution is 0.0341. The second-order valence-corrected chi connectivity index (χ2v) is 6.38. The summed E-state index contributed by atoms with van der Waals surface area (Å²) in [6.07, 6.45) is 0. The van der Waals surface area contributed by atoms with Gasteiger partial charge in [-0.3, -0.25) is 4.90 Å². The van der Waals surface area contributed by atoms with Crippen molar-refractivity contribution in [2.75, 3.05) is 31.6 Å². The highest BCUT2D eigenvalue weighted by molar-refractivity contribution is 7.80. The topological polar surface area (TPSA) is 36.5 Å². The zero-order valence-corrected chi connectivity index (χ0v) is 14.8. The molecule has 0 atom stereocenters. The fraction of sp³-hybridized carbons (Fsp3) is 0.316. The molecule has 0 saturated carbocycles. The zero-order chi connectivity index (χ0) is 17.5. The van der Waals surface area contributed by atoms with Crippen molar-refractivity contribution < 1.29 is 9.13 Å². The Labute approximate surface area is 153 Å². The summed E-state index contributed by atoms with van der Waals surface area (Å²) in [6.45, 7) is 5.04. The van der Waals surface area contributed by atoms with Gasteiger partial charge in [-0.1, -0.05) is 30.3 Å². The first-order chi connectivity index (χ1) is 12.2. The van der Waals surface area contributed by atoms with Crippen LogP contribution in [-0.2, 0) is 17.8 Å². The van der Waals surface area contributed by atoms with Crippen LogP contribution in [0, 0.1) is 5.82 Å². The molecule has 1 saturated heterocycles. The Bertz CT molecular complexity index is 719. The molecule has 1 fully saturated rings. The van der Waals surface area contributed by atoms with Crippen LogP contribution in [0.5, 0.6) is 0 Å². The molecule has 2 aromatic rings.